The Morgan fingerprint density at radius 1 is 1.45 bits per heavy atom. The van der Waals surface area contributed by atoms with Gasteiger partial charge in [-0.25, -0.2) is 0 Å². The van der Waals surface area contributed by atoms with E-state index < -0.39 is 0 Å². The van der Waals surface area contributed by atoms with E-state index >= 15 is 0 Å². The number of nitrogens with two attached hydrogens (primary N) is 1. The lowest BCUT2D eigenvalue weighted by molar-refractivity contribution is 0.175. The summed E-state index contributed by atoms with van der Waals surface area (Å²) in [6.45, 7) is 7.78. The third-order valence-electron chi connectivity index (χ3n) is 4.04. The summed E-state index contributed by atoms with van der Waals surface area (Å²) in [5, 5.41) is 0. The Labute approximate surface area is 123 Å². The molecule has 3 nitrogen and oxygen atoms in total. The first kappa shape index (κ1) is 15.3. The van der Waals surface area contributed by atoms with Crippen molar-refractivity contribution in [2.75, 3.05) is 20.2 Å². The van der Waals surface area contributed by atoms with Gasteiger partial charge >= 0.3 is 0 Å². The highest BCUT2D eigenvalue weighted by Crippen LogP contribution is 2.25. The molecule has 2 rings (SSSR count). The average molecular weight is 276 g/mol. The van der Waals surface area contributed by atoms with Gasteiger partial charge in [0.2, 0.25) is 0 Å². The number of benzene rings is 1. The number of likely N-dealkylation sites (tertiary alicyclic amines) is 1. The van der Waals surface area contributed by atoms with Crippen molar-refractivity contribution in [1.29, 1.82) is 0 Å². The molecule has 0 radical (unpaired) electrons. The van der Waals surface area contributed by atoms with Crippen LogP contribution in [0.2, 0.25) is 0 Å². The smallest absolute Gasteiger partial charge is 0.123 e. The molecule has 0 amide bonds. The molecule has 0 aromatic heterocycles. The van der Waals surface area contributed by atoms with E-state index in [-0.39, 0.29) is 6.04 Å². The fourth-order valence-electron chi connectivity index (χ4n) is 3.13. The number of nitrogens with zero attached hydrogens (tertiary/aromatic N) is 1. The number of ether oxygens (including phenoxy) is 1. The molecule has 0 saturated carbocycles. The Morgan fingerprint density at radius 3 is 2.90 bits per heavy atom. The molecule has 20 heavy (non-hydrogen) atoms. The molecule has 3 heteroatoms. The van der Waals surface area contributed by atoms with E-state index in [2.05, 4.69) is 36.9 Å². The maximum absolute atomic E-state index is 5.91. The largest absolute Gasteiger partial charge is 0.496 e. The predicted molar refractivity (Wildman–Crippen MR) is 84.0 cm³/mol. The molecule has 1 aromatic rings. The average Bonchev–Trinajstić information content (AvgIpc) is 2.38. The predicted octanol–water partition coefficient (Wildman–Crippen LogP) is 2.82. The number of methoxy groups -OCH3 is 1. The molecule has 2 atom stereocenters. The molecule has 1 fully saturated rings. The third kappa shape index (κ3) is 4.22. The van der Waals surface area contributed by atoms with Gasteiger partial charge in [-0.05, 0) is 50.3 Å². The van der Waals surface area contributed by atoms with Crippen LogP contribution in [0.3, 0.4) is 0 Å². The van der Waals surface area contributed by atoms with Gasteiger partial charge in [0.15, 0.2) is 0 Å². The summed E-state index contributed by atoms with van der Waals surface area (Å²) >= 11 is 0. The Hall–Kier alpha value is -1.06. The standard InChI is InChI=1S/C17H28N2O/c1-13-5-4-8-19(11-13)12-16-10-15(9-14(2)18)6-7-17(16)20-3/h6-7,10,13-14H,4-5,8-9,11-12,18H2,1-3H3. The maximum atomic E-state index is 5.91. The Balaban J connectivity index is 2.11. The van der Waals surface area contributed by atoms with Crippen molar-refractivity contribution in [3.8, 4) is 5.75 Å². The molecular weight excluding hydrogens is 248 g/mol. The van der Waals surface area contributed by atoms with E-state index in [1.807, 2.05) is 0 Å². The van der Waals surface area contributed by atoms with Crippen LogP contribution in [-0.4, -0.2) is 31.1 Å². The van der Waals surface area contributed by atoms with Crippen molar-refractivity contribution in [2.45, 2.75) is 45.7 Å². The van der Waals surface area contributed by atoms with Gasteiger partial charge in [0, 0.05) is 24.7 Å². The molecule has 1 heterocycles. The maximum Gasteiger partial charge on any atom is 0.123 e. The van der Waals surface area contributed by atoms with E-state index in [1.54, 1.807) is 7.11 Å². The molecule has 1 saturated heterocycles. The molecule has 0 spiro atoms. The first-order chi connectivity index (χ1) is 9.58. The summed E-state index contributed by atoms with van der Waals surface area (Å²) in [7, 11) is 1.75. The Morgan fingerprint density at radius 2 is 2.25 bits per heavy atom. The van der Waals surface area contributed by atoms with Gasteiger partial charge in [-0.3, -0.25) is 4.90 Å². The SMILES string of the molecule is COc1ccc(CC(C)N)cc1CN1CCCC(C)C1. The van der Waals surface area contributed by atoms with Crippen LogP contribution in [0.1, 0.15) is 37.8 Å². The Kier molecular flexibility index (Phi) is 5.44. The van der Waals surface area contributed by atoms with Gasteiger partial charge in [0.25, 0.3) is 0 Å². The van der Waals surface area contributed by atoms with Crippen molar-refractivity contribution in [2.24, 2.45) is 11.7 Å². The van der Waals surface area contributed by atoms with Gasteiger partial charge < -0.3 is 10.5 Å². The number of piperidine rings is 1. The summed E-state index contributed by atoms with van der Waals surface area (Å²) in [5.74, 6) is 1.80. The van der Waals surface area contributed by atoms with Gasteiger partial charge in [0.05, 0.1) is 7.11 Å². The lowest BCUT2D eigenvalue weighted by Gasteiger charge is -2.31. The van der Waals surface area contributed by atoms with Crippen LogP contribution in [0.25, 0.3) is 0 Å². The zero-order valence-electron chi connectivity index (χ0n) is 13.1. The molecule has 1 aromatic carbocycles. The van der Waals surface area contributed by atoms with E-state index in [9.17, 15) is 0 Å². The Bertz CT molecular complexity index is 431. The lowest BCUT2D eigenvalue weighted by Crippen LogP contribution is -2.33. The van der Waals surface area contributed by atoms with Crippen LogP contribution >= 0.6 is 0 Å². The molecule has 1 aliphatic heterocycles. The van der Waals surface area contributed by atoms with Crippen molar-refractivity contribution >= 4 is 0 Å². The number of rotatable bonds is 5. The summed E-state index contributed by atoms with van der Waals surface area (Å²) < 4.78 is 5.52. The van der Waals surface area contributed by atoms with E-state index in [1.165, 1.54) is 37.1 Å². The monoisotopic (exact) mass is 276 g/mol. The second-order valence-electron chi connectivity index (χ2n) is 6.31. The molecule has 112 valence electrons. The topological polar surface area (TPSA) is 38.5 Å². The van der Waals surface area contributed by atoms with Crippen LogP contribution < -0.4 is 10.5 Å². The second kappa shape index (κ2) is 7.09. The van der Waals surface area contributed by atoms with Crippen LogP contribution in [0.4, 0.5) is 0 Å². The molecule has 0 bridgehead atoms. The summed E-state index contributed by atoms with van der Waals surface area (Å²) in [5.41, 5.74) is 8.50. The minimum absolute atomic E-state index is 0.200. The summed E-state index contributed by atoms with van der Waals surface area (Å²) in [4.78, 5) is 2.54. The molecule has 1 aliphatic rings. The highest BCUT2D eigenvalue weighted by atomic mass is 16.5. The molecule has 2 unspecified atom stereocenters. The minimum Gasteiger partial charge on any atom is -0.496 e. The summed E-state index contributed by atoms with van der Waals surface area (Å²) in [6, 6.07) is 6.68. The second-order valence-corrected chi connectivity index (χ2v) is 6.31. The van der Waals surface area contributed by atoms with E-state index in [0.29, 0.717) is 0 Å². The van der Waals surface area contributed by atoms with Crippen molar-refractivity contribution in [1.82, 2.24) is 4.90 Å². The fourth-order valence-corrected chi connectivity index (χ4v) is 3.13. The van der Waals surface area contributed by atoms with Crippen LogP contribution in [0.15, 0.2) is 18.2 Å². The first-order valence-corrected chi connectivity index (χ1v) is 7.72. The zero-order chi connectivity index (χ0) is 14.5. The fraction of sp³-hybridized carbons (Fsp3) is 0.647. The van der Waals surface area contributed by atoms with Gasteiger partial charge in [0.1, 0.15) is 5.75 Å². The normalized spacial score (nSPS) is 21.7. The minimum atomic E-state index is 0.200. The lowest BCUT2D eigenvalue weighted by atomic mass is 9.99. The quantitative estimate of drug-likeness (QED) is 0.898. The molecule has 0 aliphatic carbocycles. The van der Waals surface area contributed by atoms with Gasteiger partial charge in [-0.1, -0.05) is 19.1 Å². The van der Waals surface area contributed by atoms with E-state index in [4.69, 9.17) is 10.5 Å². The number of hydrogen-bond donors (Lipinski definition) is 1. The number of hydrogen-bond acceptors (Lipinski definition) is 3. The zero-order valence-corrected chi connectivity index (χ0v) is 13.1. The van der Waals surface area contributed by atoms with Crippen molar-refractivity contribution in [3.63, 3.8) is 0 Å². The molecule has 2 N–H and O–H groups in total. The van der Waals surface area contributed by atoms with Crippen LogP contribution in [-0.2, 0) is 13.0 Å². The van der Waals surface area contributed by atoms with E-state index in [0.717, 1.165) is 24.6 Å². The van der Waals surface area contributed by atoms with Crippen molar-refractivity contribution < 1.29 is 4.74 Å². The highest BCUT2D eigenvalue weighted by molar-refractivity contribution is 5.37. The summed E-state index contributed by atoms with van der Waals surface area (Å²) in [6.07, 6.45) is 3.59. The van der Waals surface area contributed by atoms with Crippen LogP contribution in [0.5, 0.6) is 5.75 Å². The van der Waals surface area contributed by atoms with Crippen LogP contribution in [0, 0.1) is 5.92 Å². The van der Waals surface area contributed by atoms with Crippen molar-refractivity contribution in [3.05, 3.63) is 29.3 Å². The van der Waals surface area contributed by atoms with Gasteiger partial charge in [-0.2, -0.15) is 0 Å². The first-order valence-electron chi connectivity index (χ1n) is 7.72. The van der Waals surface area contributed by atoms with Gasteiger partial charge in [-0.15, -0.1) is 0 Å². The third-order valence-corrected chi connectivity index (χ3v) is 4.04. The molecular formula is C17H28N2O. The highest BCUT2D eigenvalue weighted by Gasteiger charge is 2.18.